The first kappa shape index (κ1) is 16.1. The van der Waals surface area contributed by atoms with Crippen molar-refractivity contribution in [3.05, 3.63) is 16.4 Å². The van der Waals surface area contributed by atoms with Gasteiger partial charge in [-0.1, -0.05) is 13.8 Å². The lowest BCUT2D eigenvalue weighted by Crippen LogP contribution is -2.24. The molecule has 0 saturated carbocycles. The number of aromatic nitrogens is 2. The van der Waals surface area contributed by atoms with Crippen LogP contribution in [-0.4, -0.2) is 40.3 Å². The number of ether oxygens (including phenoxy) is 1. The summed E-state index contributed by atoms with van der Waals surface area (Å²) < 4.78 is 4.88. The molecule has 0 amide bonds. The molecule has 0 atom stereocenters. The van der Waals surface area contributed by atoms with E-state index < -0.39 is 4.92 Å². The van der Waals surface area contributed by atoms with Gasteiger partial charge in [-0.2, -0.15) is 4.98 Å². The van der Waals surface area contributed by atoms with Gasteiger partial charge in [0.2, 0.25) is 5.82 Å². The van der Waals surface area contributed by atoms with Crippen molar-refractivity contribution in [3.8, 4) is 5.88 Å². The highest BCUT2D eigenvalue weighted by Crippen LogP contribution is 2.31. The number of methoxy groups -OCH3 is 1. The molecule has 0 aliphatic heterocycles. The molecule has 0 bridgehead atoms. The van der Waals surface area contributed by atoms with Crippen molar-refractivity contribution < 1.29 is 14.8 Å². The van der Waals surface area contributed by atoms with Gasteiger partial charge in [0.1, 0.15) is 6.33 Å². The summed E-state index contributed by atoms with van der Waals surface area (Å²) in [6.07, 6.45) is 2.70. The molecule has 8 heteroatoms. The van der Waals surface area contributed by atoms with Crippen LogP contribution in [0.2, 0.25) is 0 Å². The minimum Gasteiger partial charge on any atom is -0.476 e. The molecule has 1 aromatic heterocycles. The Hall–Kier alpha value is -1.96. The van der Waals surface area contributed by atoms with E-state index in [0.29, 0.717) is 13.0 Å². The summed E-state index contributed by atoms with van der Waals surface area (Å²) in [4.78, 5) is 18.1. The van der Waals surface area contributed by atoms with Crippen LogP contribution in [0.15, 0.2) is 6.33 Å². The summed E-state index contributed by atoms with van der Waals surface area (Å²) in [5.74, 6) is 0.0691. The Kier molecular flexibility index (Phi) is 5.63. The molecular formula is C12H20N4O4. The van der Waals surface area contributed by atoms with E-state index in [9.17, 15) is 10.1 Å². The van der Waals surface area contributed by atoms with Crippen LogP contribution >= 0.6 is 0 Å². The largest absolute Gasteiger partial charge is 0.476 e. The number of anilines is 1. The summed E-state index contributed by atoms with van der Waals surface area (Å²) in [7, 11) is 1.32. The van der Waals surface area contributed by atoms with Crippen LogP contribution in [0, 0.1) is 15.5 Å². The zero-order valence-corrected chi connectivity index (χ0v) is 11.9. The molecule has 0 radical (unpaired) electrons. The zero-order valence-electron chi connectivity index (χ0n) is 11.9. The maximum Gasteiger partial charge on any atom is 0.372 e. The monoisotopic (exact) mass is 284 g/mol. The summed E-state index contributed by atoms with van der Waals surface area (Å²) in [5.41, 5.74) is -0.387. The fourth-order valence-corrected chi connectivity index (χ4v) is 1.77. The Morgan fingerprint density at radius 2 is 2.20 bits per heavy atom. The second kappa shape index (κ2) is 6.99. The SMILES string of the molecule is COc1ncnc(NCC(C)(C)CCCO)c1[N+](=O)[O-]. The lowest BCUT2D eigenvalue weighted by molar-refractivity contribution is -0.385. The van der Waals surface area contributed by atoms with E-state index in [1.807, 2.05) is 13.8 Å². The number of aliphatic hydroxyl groups is 1. The van der Waals surface area contributed by atoms with Gasteiger partial charge in [-0.3, -0.25) is 10.1 Å². The van der Waals surface area contributed by atoms with Gasteiger partial charge in [-0.25, -0.2) is 4.98 Å². The third-order valence-electron chi connectivity index (χ3n) is 2.91. The van der Waals surface area contributed by atoms with Gasteiger partial charge < -0.3 is 15.2 Å². The van der Waals surface area contributed by atoms with Crippen molar-refractivity contribution >= 4 is 11.5 Å². The molecule has 1 aromatic rings. The van der Waals surface area contributed by atoms with E-state index >= 15 is 0 Å². The van der Waals surface area contributed by atoms with Crippen LogP contribution < -0.4 is 10.1 Å². The van der Waals surface area contributed by atoms with E-state index in [4.69, 9.17) is 9.84 Å². The van der Waals surface area contributed by atoms with Crippen LogP contribution in [0.3, 0.4) is 0 Å². The Labute approximate surface area is 117 Å². The molecule has 1 rings (SSSR count). The average Bonchev–Trinajstić information content (AvgIpc) is 2.42. The van der Waals surface area contributed by atoms with Crippen LogP contribution in [0.25, 0.3) is 0 Å². The lowest BCUT2D eigenvalue weighted by atomic mass is 9.88. The number of aliphatic hydroxyl groups excluding tert-OH is 1. The molecule has 0 aliphatic rings. The maximum absolute atomic E-state index is 11.1. The highest BCUT2D eigenvalue weighted by molar-refractivity contribution is 5.61. The average molecular weight is 284 g/mol. The molecule has 1 heterocycles. The zero-order chi connectivity index (χ0) is 15.2. The topological polar surface area (TPSA) is 110 Å². The molecule has 0 unspecified atom stereocenters. The molecule has 0 aliphatic carbocycles. The number of nitrogens with zero attached hydrogens (tertiary/aromatic N) is 3. The van der Waals surface area contributed by atoms with Gasteiger partial charge in [-0.15, -0.1) is 0 Å². The molecule has 112 valence electrons. The van der Waals surface area contributed by atoms with Crippen molar-refractivity contribution in [2.45, 2.75) is 26.7 Å². The third-order valence-corrected chi connectivity index (χ3v) is 2.91. The van der Waals surface area contributed by atoms with Gasteiger partial charge >= 0.3 is 5.69 Å². The third kappa shape index (κ3) is 4.30. The van der Waals surface area contributed by atoms with Crippen LogP contribution in [0.1, 0.15) is 26.7 Å². The second-order valence-corrected chi connectivity index (χ2v) is 5.18. The lowest BCUT2D eigenvalue weighted by Gasteiger charge is -2.24. The van der Waals surface area contributed by atoms with Gasteiger partial charge in [-0.05, 0) is 18.3 Å². The standard InChI is InChI=1S/C12H20N4O4/c1-12(2,5-4-6-17)7-13-10-9(16(18)19)11(20-3)15-8-14-10/h8,17H,4-7H2,1-3H3,(H,13,14,15). The first-order valence-corrected chi connectivity index (χ1v) is 6.29. The van der Waals surface area contributed by atoms with Crippen LogP contribution in [0.5, 0.6) is 5.88 Å². The molecule has 20 heavy (non-hydrogen) atoms. The minimum atomic E-state index is -0.568. The number of hydrogen-bond donors (Lipinski definition) is 2. The predicted octanol–water partition coefficient (Wildman–Crippen LogP) is 1.60. The summed E-state index contributed by atoms with van der Waals surface area (Å²) >= 11 is 0. The van der Waals surface area contributed by atoms with Crippen molar-refractivity contribution in [2.75, 3.05) is 25.6 Å². The van der Waals surface area contributed by atoms with Gasteiger partial charge in [0.15, 0.2) is 0 Å². The fraction of sp³-hybridized carbons (Fsp3) is 0.667. The predicted molar refractivity (Wildman–Crippen MR) is 73.8 cm³/mol. The number of rotatable bonds is 8. The van der Waals surface area contributed by atoms with Crippen molar-refractivity contribution in [2.24, 2.45) is 5.41 Å². The summed E-state index contributed by atoms with van der Waals surface area (Å²) in [6.45, 7) is 4.65. The Bertz CT molecular complexity index is 465. The Morgan fingerprint density at radius 1 is 1.50 bits per heavy atom. The van der Waals surface area contributed by atoms with Crippen LogP contribution in [-0.2, 0) is 0 Å². The smallest absolute Gasteiger partial charge is 0.372 e. The van der Waals surface area contributed by atoms with Crippen molar-refractivity contribution in [1.29, 1.82) is 0 Å². The maximum atomic E-state index is 11.1. The quantitative estimate of drug-likeness (QED) is 0.551. The molecule has 0 saturated heterocycles. The first-order chi connectivity index (χ1) is 9.41. The highest BCUT2D eigenvalue weighted by Gasteiger charge is 2.25. The molecule has 0 spiro atoms. The van der Waals surface area contributed by atoms with E-state index in [0.717, 1.165) is 6.42 Å². The van der Waals surface area contributed by atoms with E-state index in [1.165, 1.54) is 13.4 Å². The fourth-order valence-electron chi connectivity index (χ4n) is 1.77. The minimum absolute atomic E-state index is 0.0688. The Balaban J connectivity index is 2.85. The van der Waals surface area contributed by atoms with Gasteiger partial charge in [0.05, 0.1) is 12.0 Å². The molecule has 8 nitrogen and oxygen atoms in total. The molecule has 2 N–H and O–H groups in total. The molecule has 0 aromatic carbocycles. The van der Waals surface area contributed by atoms with Crippen molar-refractivity contribution in [1.82, 2.24) is 9.97 Å². The van der Waals surface area contributed by atoms with Crippen LogP contribution in [0.4, 0.5) is 11.5 Å². The first-order valence-electron chi connectivity index (χ1n) is 6.29. The van der Waals surface area contributed by atoms with E-state index in [-0.39, 0.29) is 29.4 Å². The molecule has 0 fully saturated rings. The van der Waals surface area contributed by atoms with Gasteiger partial charge in [0.25, 0.3) is 5.88 Å². The molecular weight excluding hydrogens is 264 g/mol. The summed E-state index contributed by atoms with van der Waals surface area (Å²) in [6, 6.07) is 0. The highest BCUT2D eigenvalue weighted by atomic mass is 16.6. The normalized spacial score (nSPS) is 11.2. The second-order valence-electron chi connectivity index (χ2n) is 5.18. The summed E-state index contributed by atoms with van der Waals surface area (Å²) in [5, 5.41) is 22.9. The van der Waals surface area contributed by atoms with E-state index in [2.05, 4.69) is 15.3 Å². The Morgan fingerprint density at radius 3 is 2.75 bits per heavy atom. The van der Waals surface area contributed by atoms with Gasteiger partial charge in [0, 0.05) is 13.2 Å². The number of hydrogen-bond acceptors (Lipinski definition) is 7. The number of nitrogens with one attached hydrogen (secondary N) is 1. The van der Waals surface area contributed by atoms with E-state index in [1.54, 1.807) is 0 Å². The van der Waals surface area contributed by atoms with Crippen molar-refractivity contribution in [3.63, 3.8) is 0 Å². The number of nitro groups is 1.